The topological polar surface area (TPSA) is 89.7 Å². The molecular formula is C12H13NO5. The number of carbonyl (C=O) groups is 1. The molecule has 1 saturated heterocycles. The van der Waals surface area contributed by atoms with E-state index in [-0.39, 0.29) is 30.1 Å². The Morgan fingerprint density at radius 2 is 2.17 bits per heavy atom. The van der Waals surface area contributed by atoms with Crippen molar-refractivity contribution >= 4 is 11.5 Å². The molecular weight excluding hydrogens is 238 g/mol. The molecule has 6 heteroatoms. The van der Waals surface area contributed by atoms with Gasteiger partial charge < -0.3 is 9.84 Å². The number of carbonyl (C=O) groups excluding carboxylic acids is 1. The van der Waals surface area contributed by atoms with Crippen molar-refractivity contribution in [3.8, 4) is 0 Å². The lowest BCUT2D eigenvalue weighted by Crippen LogP contribution is -2.32. The summed E-state index contributed by atoms with van der Waals surface area (Å²) in [7, 11) is 0. The Hall–Kier alpha value is -1.79. The first-order chi connectivity index (χ1) is 8.61. The number of aliphatic hydroxyl groups excluding tert-OH is 1. The molecule has 0 amide bonds. The van der Waals surface area contributed by atoms with Gasteiger partial charge in [0.2, 0.25) is 0 Å². The molecule has 2 atom stereocenters. The van der Waals surface area contributed by atoms with Crippen LogP contribution in [-0.2, 0) is 9.53 Å². The van der Waals surface area contributed by atoms with E-state index in [1.807, 2.05) is 0 Å². The minimum atomic E-state index is -1.20. The van der Waals surface area contributed by atoms with Gasteiger partial charge >= 0.3 is 0 Å². The van der Waals surface area contributed by atoms with Crippen molar-refractivity contribution in [1.29, 1.82) is 0 Å². The van der Waals surface area contributed by atoms with Gasteiger partial charge in [0.05, 0.1) is 35.7 Å². The third-order valence-electron chi connectivity index (χ3n) is 3.04. The molecule has 0 aromatic heterocycles. The van der Waals surface area contributed by atoms with E-state index in [0.29, 0.717) is 6.61 Å². The second-order valence-corrected chi connectivity index (χ2v) is 4.16. The maximum atomic E-state index is 11.7. The number of para-hydroxylation sites is 1. The van der Waals surface area contributed by atoms with Crippen molar-refractivity contribution in [3.63, 3.8) is 0 Å². The van der Waals surface area contributed by atoms with Gasteiger partial charge in [-0.2, -0.15) is 0 Å². The number of nitrogens with zero attached hydrogens (tertiary/aromatic N) is 1. The van der Waals surface area contributed by atoms with Crippen LogP contribution < -0.4 is 0 Å². The lowest BCUT2D eigenvalue weighted by Gasteiger charge is -2.25. The maximum absolute atomic E-state index is 11.7. The van der Waals surface area contributed by atoms with Crippen molar-refractivity contribution < 1.29 is 19.6 Å². The summed E-state index contributed by atoms with van der Waals surface area (Å²) in [4.78, 5) is 22.0. The summed E-state index contributed by atoms with van der Waals surface area (Å²) in [5, 5.41) is 21.0. The molecule has 96 valence electrons. The van der Waals surface area contributed by atoms with Crippen molar-refractivity contribution in [2.24, 2.45) is 5.92 Å². The number of aliphatic hydroxyl groups is 1. The van der Waals surface area contributed by atoms with Crippen LogP contribution in [0, 0.1) is 16.0 Å². The van der Waals surface area contributed by atoms with Crippen LogP contribution >= 0.6 is 0 Å². The van der Waals surface area contributed by atoms with Crippen LogP contribution in [0.5, 0.6) is 0 Å². The van der Waals surface area contributed by atoms with Gasteiger partial charge in [0.25, 0.3) is 5.69 Å². The Balaban J connectivity index is 2.30. The number of nitro groups is 1. The number of ketones is 1. The van der Waals surface area contributed by atoms with Gasteiger partial charge in [-0.3, -0.25) is 14.9 Å². The number of rotatable bonds is 3. The van der Waals surface area contributed by atoms with Crippen LogP contribution in [0.15, 0.2) is 24.3 Å². The molecule has 18 heavy (non-hydrogen) atoms. The Morgan fingerprint density at radius 1 is 1.44 bits per heavy atom. The fraction of sp³-hybridized carbons (Fsp3) is 0.417. The van der Waals surface area contributed by atoms with Crippen LogP contribution in [-0.4, -0.2) is 29.0 Å². The van der Waals surface area contributed by atoms with Crippen molar-refractivity contribution in [1.82, 2.24) is 0 Å². The summed E-state index contributed by atoms with van der Waals surface area (Å²) in [6.45, 7) is 0.449. The standard InChI is InChI=1S/C12H13NO5/c14-11-5-6-18-7-9(11)12(15)8-3-1-2-4-10(8)13(16)17/h1-4,9,12,15H,5-7H2/t9-,12+/m0/s1. The number of ether oxygens (including phenoxy) is 1. The molecule has 0 unspecified atom stereocenters. The Bertz CT molecular complexity index is 473. The second kappa shape index (κ2) is 5.24. The van der Waals surface area contributed by atoms with Gasteiger partial charge in [-0.1, -0.05) is 12.1 Å². The predicted molar refractivity (Wildman–Crippen MR) is 62.0 cm³/mol. The van der Waals surface area contributed by atoms with Gasteiger partial charge in [-0.05, 0) is 6.07 Å². The molecule has 0 saturated carbocycles. The van der Waals surface area contributed by atoms with E-state index in [0.717, 1.165) is 0 Å². The van der Waals surface area contributed by atoms with Crippen LogP contribution in [0.4, 0.5) is 5.69 Å². The average molecular weight is 251 g/mol. The zero-order valence-electron chi connectivity index (χ0n) is 9.61. The summed E-state index contributed by atoms with van der Waals surface area (Å²) < 4.78 is 5.14. The van der Waals surface area contributed by atoms with E-state index in [2.05, 4.69) is 0 Å². The van der Waals surface area contributed by atoms with Gasteiger partial charge in [-0.25, -0.2) is 0 Å². The number of hydrogen-bond donors (Lipinski definition) is 1. The normalized spacial score (nSPS) is 21.6. The lowest BCUT2D eigenvalue weighted by atomic mass is 9.89. The summed E-state index contributed by atoms with van der Waals surface area (Å²) in [6.07, 6.45) is -0.957. The maximum Gasteiger partial charge on any atom is 0.275 e. The fourth-order valence-corrected chi connectivity index (χ4v) is 2.05. The van der Waals surface area contributed by atoms with E-state index in [1.54, 1.807) is 6.07 Å². The SMILES string of the molecule is O=C1CCOC[C@@H]1[C@H](O)c1ccccc1[N+](=O)[O-]. The number of Topliss-reactive ketones (excluding diaryl/α,β-unsaturated/α-hetero) is 1. The van der Waals surface area contributed by atoms with E-state index < -0.39 is 16.9 Å². The molecule has 6 nitrogen and oxygen atoms in total. The molecule has 1 aromatic rings. The highest BCUT2D eigenvalue weighted by Gasteiger charge is 2.33. The molecule has 1 heterocycles. The lowest BCUT2D eigenvalue weighted by molar-refractivity contribution is -0.386. The molecule has 0 radical (unpaired) electrons. The molecule has 1 aliphatic heterocycles. The van der Waals surface area contributed by atoms with Gasteiger partial charge in [-0.15, -0.1) is 0 Å². The quantitative estimate of drug-likeness (QED) is 0.644. The van der Waals surface area contributed by atoms with Crippen LogP contribution in [0.25, 0.3) is 0 Å². The van der Waals surface area contributed by atoms with Crippen molar-refractivity contribution in [2.75, 3.05) is 13.2 Å². The summed E-state index contributed by atoms with van der Waals surface area (Å²) >= 11 is 0. The third kappa shape index (κ3) is 2.39. The van der Waals surface area contributed by atoms with Crippen LogP contribution in [0.2, 0.25) is 0 Å². The first-order valence-electron chi connectivity index (χ1n) is 5.63. The highest BCUT2D eigenvalue weighted by atomic mass is 16.6. The highest BCUT2D eigenvalue weighted by Crippen LogP contribution is 2.32. The van der Waals surface area contributed by atoms with Gasteiger partial charge in [0, 0.05) is 12.5 Å². The molecule has 0 aliphatic carbocycles. The average Bonchev–Trinajstić information content (AvgIpc) is 2.38. The molecule has 1 fully saturated rings. The van der Waals surface area contributed by atoms with Crippen LogP contribution in [0.3, 0.4) is 0 Å². The zero-order valence-corrected chi connectivity index (χ0v) is 9.61. The summed E-state index contributed by atoms with van der Waals surface area (Å²) in [6, 6.07) is 5.89. The number of hydrogen-bond acceptors (Lipinski definition) is 5. The van der Waals surface area contributed by atoms with E-state index in [4.69, 9.17) is 4.74 Å². The van der Waals surface area contributed by atoms with E-state index in [9.17, 15) is 20.0 Å². The minimum Gasteiger partial charge on any atom is -0.387 e. The van der Waals surface area contributed by atoms with Crippen molar-refractivity contribution in [2.45, 2.75) is 12.5 Å². The summed E-state index contributed by atoms with van der Waals surface area (Å²) in [5.74, 6) is -0.841. The first-order valence-corrected chi connectivity index (χ1v) is 5.63. The van der Waals surface area contributed by atoms with Gasteiger partial charge in [0.1, 0.15) is 5.78 Å². The highest BCUT2D eigenvalue weighted by molar-refractivity contribution is 5.82. The Morgan fingerprint density at radius 3 is 2.83 bits per heavy atom. The molecule has 2 rings (SSSR count). The molecule has 0 spiro atoms. The number of benzene rings is 1. The largest absolute Gasteiger partial charge is 0.387 e. The van der Waals surface area contributed by atoms with E-state index in [1.165, 1.54) is 18.2 Å². The first kappa shape index (κ1) is 12.7. The smallest absolute Gasteiger partial charge is 0.275 e. The predicted octanol–water partition coefficient (Wildman–Crippen LogP) is 1.23. The third-order valence-corrected chi connectivity index (χ3v) is 3.04. The molecule has 1 aliphatic rings. The second-order valence-electron chi connectivity index (χ2n) is 4.16. The monoisotopic (exact) mass is 251 g/mol. The van der Waals surface area contributed by atoms with Gasteiger partial charge in [0.15, 0.2) is 0 Å². The Kier molecular flexibility index (Phi) is 3.69. The van der Waals surface area contributed by atoms with E-state index >= 15 is 0 Å². The summed E-state index contributed by atoms with van der Waals surface area (Å²) in [5.41, 5.74) is -0.0188. The molecule has 1 N–H and O–H groups in total. The zero-order chi connectivity index (χ0) is 13.1. The van der Waals surface area contributed by atoms with Crippen molar-refractivity contribution in [3.05, 3.63) is 39.9 Å². The molecule has 0 bridgehead atoms. The fourth-order valence-electron chi connectivity index (χ4n) is 2.05. The molecule has 1 aromatic carbocycles. The Labute approximate surface area is 103 Å². The minimum absolute atomic E-state index is 0.103. The number of nitro benzene ring substituents is 1. The van der Waals surface area contributed by atoms with Crippen LogP contribution in [0.1, 0.15) is 18.1 Å².